The van der Waals surface area contributed by atoms with Gasteiger partial charge in [-0.25, -0.2) is 0 Å². The van der Waals surface area contributed by atoms with Gasteiger partial charge in [-0.05, 0) is 30.9 Å². The molecule has 1 aromatic carbocycles. The number of fused-ring (bicyclic) bond motifs is 1. The first kappa shape index (κ1) is 11.3. The molecule has 1 heterocycles. The van der Waals surface area contributed by atoms with Crippen LogP contribution in [-0.4, -0.2) is 13.1 Å². The molecule has 0 unspecified atom stereocenters. The number of carbonyl (C=O) groups excluding carboxylic acids is 1. The summed E-state index contributed by atoms with van der Waals surface area (Å²) in [4.78, 5) is 11.9. The summed E-state index contributed by atoms with van der Waals surface area (Å²) in [7, 11) is 1.47. The lowest BCUT2D eigenvalue weighted by atomic mass is 9.65. The average molecular weight is 244 g/mol. The third kappa shape index (κ3) is 1.62. The van der Waals surface area contributed by atoms with Crippen molar-refractivity contribution in [3.05, 3.63) is 36.1 Å². The number of benzene rings is 1. The summed E-state index contributed by atoms with van der Waals surface area (Å²) in [5, 5.41) is 1.10. The van der Waals surface area contributed by atoms with E-state index in [-0.39, 0.29) is 11.4 Å². The van der Waals surface area contributed by atoms with Gasteiger partial charge in [0.2, 0.25) is 0 Å². The highest BCUT2D eigenvalue weighted by Gasteiger charge is 2.45. The fourth-order valence-corrected chi connectivity index (χ4v) is 2.81. The van der Waals surface area contributed by atoms with Crippen LogP contribution in [0.25, 0.3) is 11.0 Å². The quantitative estimate of drug-likeness (QED) is 0.777. The Morgan fingerprint density at radius 3 is 2.83 bits per heavy atom. The lowest BCUT2D eigenvalue weighted by molar-refractivity contribution is -0.158. The molecule has 1 aliphatic carbocycles. The number of furan rings is 1. The highest BCUT2D eigenvalue weighted by Crippen LogP contribution is 2.45. The summed E-state index contributed by atoms with van der Waals surface area (Å²) < 4.78 is 10.5. The first-order valence-electron chi connectivity index (χ1n) is 6.29. The Balaban J connectivity index is 1.94. The van der Waals surface area contributed by atoms with Gasteiger partial charge in [0.05, 0.1) is 18.8 Å². The number of esters is 1. The predicted molar refractivity (Wildman–Crippen MR) is 68.2 cm³/mol. The molecule has 1 aliphatic rings. The summed E-state index contributed by atoms with van der Waals surface area (Å²) in [6.07, 6.45) is 5.42. The molecule has 0 radical (unpaired) electrons. The second-order valence-electron chi connectivity index (χ2n) is 5.06. The lowest BCUT2D eigenvalue weighted by Gasteiger charge is -2.38. The highest BCUT2D eigenvalue weighted by molar-refractivity contribution is 5.83. The van der Waals surface area contributed by atoms with Crippen molar-refractivity contribution in [3.63, 3.8) is 0 Å². The van der Waals surface area contributed by atoms with Gasteiger partial charge in [0, 0.05) is 5.39 Å². The van der Waals surface area contributed by atoms with Gasteiger partial charge >= 0.3 is 5.97 Å². The molecule has 0 amide bonds. The fraction of sp³-hybridized carbons (Fsp3) is 0.400. The molecule has 2 aromatic rings. The molecule has 0 N–H and O–H groups in total. The summed E-state index contributed by atoms with van der Waals surface area (Å²) in [5.41, 5.74) is 1.67. The minimum atomic E-state index is -0.318. The first-order valence-corrected chi connectivity index (χ1v) is 6.29. The predicted octanol–water partition coefficient (Wildman–Crippen LogP) is 3.32. The summed E-state index contributed by atoms with van der Waals surface area (Å²) in [6.45, 7) is 0. The number of para-hydroxylation sites is 1. The number of rotatable bonds is 3. The third-order valence-electron chi connectivity index (χ3n) is 4.02. The molecule has 1 aromatic heterocycles. The Morgan fingerprint density at radius 2 is 2.17 bits per heavy atom. The molecule has 18 heavy (non-hydrogen) atoms. The molecule has 0 atom stereocenters. The summed E-state index contributed by atoms with van der Waals surface area (Å²) in [5.74, 6) is -0.0842. The maximum atomic E-state index is 11.9. The van der Waals surface area contributed by atoms with E-state index >= 15 is 0 Å². The van der Waals surface area contributed by atoms with E-state index in [0.717, 1.165) is 42.2 Å². The molecule has 1 fully saturated rings. The summed E-state index contributed by atoms with van der Waals surface area (Å²) >= 11 is 0. The molecule has 3 nitrogen and oxygen atoms in total. The molecule has 3 heteroatoms. The zero-order valence-electron chi connectivity index (χ0n) is 10.4. The zero-order chi connectivity index (χ0) is 12.6. The van der Waals surface area contributed by atoms with Gasteiger partial charge in [0.25, 0.3) is 0 Å². The van der Waals surface area contributed by atoms with Crippen LogP contribution in [0.5, 0.6) is 0 Å². The molecule has 3 rings (SSSR count). The molecule has 0 saturated heterocycles. The van der Waals surface area contributed by atoms with E-state index in [4.69, 9.17) is 9.15 Å². The Kier molecular flexibility index (Phi) is 2.62. The summed E-state index contributed by atoms with van der Waals surface area (Å²) in [6, 6.07) is 7.93. The van der Waals surface area contributed by atoms with Crippen molar-refractivity contribution in [1.82, 2.24) is 0 Å². The van der Waals surface area contributed by atoms with Crippen LogP contribution in [0, 0.1) is 5.41 Å². The Hall–Kier alpha value is -1.77. The third-order valence-corrected chi connectivity index (χ3v) is 4.02. The van der Waals surface area contributed by atoms with Crippen molar-refractivity contribution in [2.75, 3.05) is 7.11 Å². The number of methoxy groups -OCH3 is 1. The van der Waals surface area contributed by atoms with Crippen LogP contribution in [0.4, 0.5) is 0 Å². The molecule has 0 aliphatic heterocycles. The lowest BCUT2D eigenvalue weighted by Crippen LogP contribution is -2.40. The van der Waals surface area contributed by atoms with Crippen LogP contribution in [-0.2, 0) is 16.0 Å². The number of carbonyl (C=O) groups is 1. The van der Waals surface area contributed by atoms with Crippen LogP contribution in [0.2, 0.25) is 0 Å². The number of hydrogen-bond donors (Lipinski definition) is 0. The molecule has 94 valence electrons. The second-order valence-corrected chi connectivity index (χ2v) is 5.06. The Labute approximate surface area is 106 Å². The van der Waals surface area contributed by atoms with E-state index in [0.29, 0.717) is 0 Å². The monoisotopic (exact) mass is 244 g/mol. The Bertz CT molecular complexity index is 578. The van der Waals surface area contributed by atoms with Crippen molar-refractivity contribution in [3.8, 4) is 0 Å². The van der Waals surface area contributed by atoms with E-state index in [1.165, 1.54) is 7.11 Å². The van der Waals surface area contributed by atoms with E-state index in [1.54, 1.807) is 6.26 Å². The van der Waals surface area contributed by atoms with Gasteiger partial charge in [-0.3, -0.25) is 4.79 Å². The smallest absolute Gasteiger partial charge is 0.312 e. The highest BCUT2D eigenvalue weighted by atomic mass is 16.5. The molecule has 1 saturated carbocycles. The van der Waals surface area contributed by atoms with Crippen LogP contribution < -0.4 is 0 Å². The van der Waals surface area contributed by atoms with E-state index < -0.39 is 0 Å². The van der Waals surface area contributed by atoms with E-state index in [9.17, 15) is 4.79 Å². The van der Waals surface area contributed by atoms with Gasteiger partial charge in [0.1, 0.15) is 5.58 Å². The van der Waals surface area contributed by atoms with Crippen LogP contribution >= 0.6 is 0 Å². The van der Waals surface area contributed by atoms with Crippen molar-refractivity contribution in [1.29, 1.82) is 0 Å². The molecule has 0 spiro atoms. The minimum Gasteiger partial charge on any atom is -0.469 e. The van der Waals surface area contributed by atoms with Gasteiger partial charge < -0.3 is 9.15 Å². The number of hydrogen-bond acceptors (Lipinski definition) is 3. The average Bonchev–Trinajstić information content (AvgIpc) is 2.76. The SMILES string of the molecule is COC(=O)C1(Cc2coc3ccccc23)CCC1. The fourth-order valence-electron chi connectivity index (χ4n) is 2.81. The van der Waals surface area contributed by atoms with Gasteiger partial charge in [-0.15, -0.1) is 0 Å². The second kappa shape index (κ2) is 4.16. The van der Waals surface area contributed by atoms with E-state index in [2.05, 4.69) is 0 Å². The van der Waals surface area contributed by atoms with Crippen LogP contribution in [0.15, 0.2) is 34.9 Å². The molecular formula is C15H16O3. The normalized spacial score (nSPS) is 17.4. The van der Waals surface area contributed by atoms with Crippen LogP contribution in [0.1, 0.15) is 24.8 Å². The molecular weight excluding hydrogens is 228 g/mol. The van der Waals surface area contributed by atoms with E-state index in [1.807, 2.05) is 24.3 Å². The van der Waals surface area contributed by atoms with Crippen LogP contribution in [0.3, 0.4) is 0 Å². The topological polar surface area (TPSA) is 39.4 Å². The zero-order valence-corrected chi connectivity index (χ0v) is 10.4. The Morgan fingerprint density at radius 1 is 1.39 bits per heavy atom. The minimum absolute atomic E-state index is 0.0842. The van der Waals surface area contributed by atoms with Crippen molar-refractivity contribution in [2.45, 2.75) is 25.7 Å². The maximum absolute atomic E-state index is 11.9. The van der Waals surface area contributed by atoms with Gasteiger partial charge in [-0.2, -0.15) is 0 Å². The number of ether oxygens (including phenoxy) is 1. The van der Waals surface area contributed by atoms with Crippen molar-refractivity contribution < 1.29 is 13.9 Å². The first-order chi connectivity index (χ1) is 8.75. The van der Waals surface area contributed by atoms with Gasteiger partial charge in [-0.1, -0.05) is 24.6 Å². The largest absolute Gasteiger partial charge is 0.469 e. The standard InChI is InChI=1S/C15H16O3/c1-17-14(16)15(7-4-8-15)9-11-10-18-13-6-3-2-5-12(11)13/h2-3,5-6,10H,4,7-9H2,1H3. The van der Waals surface area contributed by atoms with Crippen molar-refractivity contribution >= 4 is 16.9 Å². The maximum Gasteiger partial charge on any atom is 0.312 e. The van der Waals surface area contributed by atoms with Gasteiger partial charge in [0.15, 0.2) is 0 Å². The van der Waals surface area contributed by atoms with Crippen molar-refractivity contribution in [2.24, 2.45) is 5.41 Å². The molecule has 0 bridgehead atoms.